The highest BCUT2D eigenvalue weighted by molar-refractivity contribution is 5.95. The molecule has 0 radical (unpaired) electrons. The number of hydrogen-bond acceptors (Lipinski definition) is 4. The van der Waals surface area contributed by atoms with Crippen LogP contribution in [-0.4, -0.2) is 25.1 Å². The van der Waals surface area contributed by atoms with Crippen molar-refractivity contribution in [2.75, 3.05) is 18.5 Å². The van der Waals surface area contributed by atoms with Crippen LogP contribution in [0.1, 0.15) is 5.56 Å². The molecule has 3 rings (SSSR count). The van der Waals surface area contributed by atoms with Gasteiger partial charge in [-0.05, 0) is 41.5 Å². The Morgan fingerprint density at radius 3 is 2.42 bits per heavy atom. The van der Waals surface area contributed by atoms with E-state index in [-0.39, 0.29) is 13.2 Å². The van der Waals surface area contributed by atoms with Gasteiger partial charge in [0.15, 0.2) is 13.2 Å². The summed E-state index contributed by atoms with van der Waals surface area (Å²) in [6.45, 7) is 1.29. The minimum Gasteiger partial charge on any atom is -0.482 e. The highest BCUT2D eigenvalue weighted by atomic mass is 16.6. The Kier molecular flexibility index (Phi) is 5.49. The Morgan fingerprint density at radius 1 is 0.885 bits per heavy atom. The largest absolute Gasteiger partial charge is 0.482 e. The van der Waals surface area contributed by atoms with Crippen LogP contribution in [0.2, 0.25) is 0 Å². The van der Waals surface area contributed by atoms with E-state index in [0.29, 0.717) is 11.4 Å². The standard InChI is InChI=1S/C21H19NO4/c1-15-6-2-5-9-19(15)25-14-21(24)26-13-20(23)22-18-11-10-16-7-3-4-8-17(16)12-18/h2-12H,13-14H2,1H3,(H,22,23). The third kappa shape index (κ3) is 4.60. The SMILES string of the molecule is Cc1ccccc1OCC(=O)OCC(=O)Nc1ccc2ccccc2c1. The van der Waals surface area contributed by atoms with Crippen molar-refractivity contribution < 1.29 is 19.1 Å². The second-order valence-corrected chi connectivity index (χ2v) is 5.82. The predicted octanol–water partition coefficient (Wildman–Crippen LogP) is 3.71. The normalized spacial score (nSPS) is 10.3. The molecule has 5 nitrogen and oxygen atoms in total. The molecular formula is C21H19NO4. The number of ether oxygens (including phenoxy) is 2. The van der Waals surface area contributed by atoms with Gasteiger partial charge in [-0.3, -0.25) is 4.79 Å². The molecule has 0 bridgehead atoms. The molecule has 26 heavy (non-hydrogen) atoms. The summed E-state index contributed by atoms with van der Waals surface area (Å²) in [5, 5.41) is 4.83. The van der Waals surface area contributed by atoms with Gasteiger partial charge >= 0.3 is 5.97 Å². The molecule has 132 valence electrons. The van der Waals surface area contributed by atoms with E-state index in [4.69, 9.17) is 9.47 Å². The first-order chi connectivity index (χ1) is 12.6. The first kappa shape index (κ1) is 17.5. The van der Waals surface area contributed by atoms with Crippen LogP contribution in [-0.2, 0) is 14.3 Å². The van der Waals surface area contributed by atoms with Crippen molar-refractivity contribution in [3.63, 3.8) is 0 Å². The number of nitrogens with one attached hydrogen (secondary N) is 1. The first-order valence-electron chi connectivity index (χ1n) is 8.24. The van der Waals surface area contributed by atoms with Gasteiger partial charge in [0.25, 0.3) is 5.91 Å². The van der Waals surface area contributed by atoms with Crippen molar-refractivity contribution in [3.05, 3.63) is 72.3 Å². The smallest absolute Gasteiger partial charge is 0.344 e. The summed E-state index contributed by atoms with van der Waals surface area (Å²) >= 11 is 0. The summed E-state index contributed by atoms with van der Waals surface area (Å²) in [5.41, 5.74) is 1.58. The average Bonchev–Trinajstić information content (AvgIpc) is 2.65. The number of anilines is 1. The Balaban J connectivity index is 1.47. The number of carbonyl (C=O) groups excluding carboxylic acids is 2. The number of rotatable bonds is 6. The van der Waals surface area contributed by atoms with Gasteiger partial charge in [-0.15, -0.1) is 0 Å². The summed E-state index contributed by atoms with van der Waals surface area (Å²) in [5.74, 6) is -0.378. The van der Waals surface area contributed by atoms with Gasteiger partial charge in [0.1, 0.15) is 5.75 Å². The number of benzene rings is 3. The molecule has 0 saturated heterocycles. The molecule has 1 N–H and O–H groups in total. The van der Waals surface area contributed by atoms with E-state index in [1.165, 1.54) is 0 Å². The van der Waals surface area contributed by atoms with Gasteiger partial charge in [-0.25, -0.2) is 4.79 Å². The molecule has 0 heterocycles. The van der Waals surface area contributed by atoms with Crippen molar-refractivity contribution in [2.24, 2.45) is 0 Å². The number of aryl methyl sites for hydroxylation is 1. The van der Waals surface area contributed by atoms with E-state index in [2.05, 4.69) is 5.32 Å². The number of amides is 1. The predicted molar refractivity (Wildman–Crippen MR) is 100 cm³/mol. The maximum Gasteiger partial charge on any atom is 0.344 e. The molecule has 3 aromatic carbocycles. The van der Waals surface area contributed by atoms with E-state index >= 15 is 0 Å². The third-order valence-corrected chi connectivity index (χ3v) is 3.84. The lowest BCUT2D eigenvalue weighted by Gasteiger charge is -2.09. The average molecular weight is 349 g/mol. The maximum atomic E-state index is 12.0. The zero-order valence-electron chi connectivity index (χ0n) is 14.4. The highest BCUT2D eigenvalue weighted by Crippen LogP contribution is 2.19. The van der Waals surface area contributed by atoms with E-state index in [1.807, 2.05) is 67.6 Å². The fourth-order valence-electron chi connectivity index (χ4n) is 2.51. The fraction of sp³-hybridized carbons (Fsp3) is 0.143. The molecular weight excluding hydrogens is 330 g/mol. The van der Waals surface area contributed by atoms with Crippen molar-refractivity contribution in [2.45, 2.75) is 6.92 Å². The molecule has 1 amide bonds. The molecule has 0 saturated carbocycles. The monoisotopic (exact) mass is 349 g/mol. The van der Waals surface area contributed by atoms with E-state index in [1.54, 1.807) is 6.07 Å². The van der Waals surface area contributed by atoms with Crippen LogP contribution in [0.5, 0.6) is 5.75 Å². The van der Waals surface area contributed by atoms with Crippen LogP contribution in [0.4, 0.5) is 5.69 Å². The number of carbonyl (C=O) groups is 2. The van der Waals surface area contributed by atoms with Gasteiger partial charge in [-0.1, -0.05) is 48.5 Å². The fourth-order valence-corrected chi connectivity index (χ4v) is 2.51. The number of hydrogen-bond donors (Lipinski definition) is 1. The molecule has 0 fully saturated rings. The summed E-state index contributed by atoms with van der Waals surface area (Å²) in [6.07, 6.45) is 0. The van der Waals surface area contributed by atoms with Crippen LogP contribution in [0, 0.1) is 6.92 Å². The zero-order chi connectivity index (χ0) is 18.4. The van der Waals surface area contributed by atoms with Crippen molar-refractivity contribution in [3.8, 4) is 5.75 Å². The Bertz CT molecular complexity index is 936. The molecule has 0 spiro atoms. The van der Waals surface area contributed by atoms with Crippen molar-refractivity contribution in [1.29, 1.82) is 0 Å². The minimum atomic E-state index is -0.595. The lowest BCUT2D eigenvalue weighted by atomic mass is 10.1. The van der Waals surface area contributed by atoms with E-state index < -0.39 is 11.9 Å². The Labute approximate surface area is 151 Å². The van der Waals surface area contributed by atoms with Gasteiger partial charge < -0.3 is 14.8 Å². The highest BCUT2D eigenvalue weighted by Gasteiger charge is 2.10. The lowest BCUT2D eigenvalue weighted by Crippen LogP contribution is -2.23. The van der Waals surface area contributed by atoms with Gasteiger partial charge in [-0.2, -0.15) is 0 Å². The van der Waals surface area contributed by atoms with Gasteiger partial charge in [0, 0.05) is 5.69 Å². The van der Waals surface area contributed by atoms with Crippen LogP contribution < -0.4 is 10.1 Å². The molecule has 5 heteroatoms. The molecule has 0 aliphatic heterocycles. The van der Waals surface area contributed by atoms with Crippen molar-refractivity contribution in [1.82, 2.24) is 0 Å². The minimum absolute atomic E-state index is 0.242. The summed E-state index contributed by atoms with van der Waals surface area (Å²) in [4.78, 5) is 23.7. The topological polar surface area (TPSA) is 64.6 Å². The summed E-state index contributed by atoms with van der Waals surface area (Å²) in [6, 6.07) is 20.8. The molecule has 0 aliphatic carbocycles. The molecule has 3 aromatic rings. The Hall–Kier alpha value is -3.34. The molecule has 0 unspecified atom stereocenters. The van der Waals surface area contributed by atoms with Crippen LogP contribution >= 0.6 is 0 Å². The first-order valence-corrected chi connectivity index (χ1v) is 8.24. The molecule has 0 atom stereocenters. The summed E-state index contributed by atoms with van der Waals surface area (Å²) in [7, 11) is 0. The third-order valence-electron chi connectivity index (χ3n) is 3.84. The number of esters is 1. The second kappa shape index (κ2) is 8.16. The summed E-state index contributed by atoms with van der Waals surface area (Å²) < 4.78 is 10.3. The maximum absolute atomic E-state index is 12.0. The number of para-hydroxylation sites is 1. The second-order valence-electron chi connectivity index (χ2n) is 5.82. The quantitative estimate of drug-likeness (QED) is 0.689. The van der Waals surface area contributed by atoms with E-state index in [0.717, 1.165) is 16.3 Å². The molecule has 0 aliphatic rings. The lowest BCUT2D eigenvalue weighted by molar-refractivity contribution is -0.149. The Morgan fingerprint density at radius 2 is 1.62 bits per heavy atom. The van der Waals surface area contributed by atoms with Gasteiger partial charge in [0.2, 0.25) is 0 Å². The van der Waals surface area contributed by atoms with E-state index in [9.17, 15) is 9.59 Å². The van der Waals surface area contributed by atoms with Crippen molar-refractivity contribution >= 4 is 28.3 Å². The van der Waals surface area contributed by atoms with Crippen LogP contribution in [0.3, 0.4) is 0 Å². The van der Waals surface area contributed by atoms with Gasteiger partial charge in [0.05, 0.1) is 0 Å². The molecule has 0 aromatic heterocycles. The number of fused-ring (bicyclic) bond motifs is 1. The zero-order valence-corrected chi connectivity index (χ0v) is 14.4. The van der Waals surface area contributed by atoms with Crippen LogP contribution in [0.15, 0.2) is 66.7 Å². The van der Waals surface area contributed by atoms with Crippen LogP contribution in [0.25, 0.3) is 10.8 Å².